The first-order chi connectivity index (χ1) is 10.5. The zero-order chi connectivity index (χ0) is 15.9. The number of amides is 2. The first kappa shape index (κ1) is 16.5. The molecule has 2 atom stereocenters. The SMILES string of the molecule is Cc1cnn(C[C@H](C)NCC(=O)N[C@H]2CCCCNC2=O)c1. The minimum atomic E-state index is -0.402. The molecule has 0 unspecified atom stereocenters. The van der Waals surface area contributed by atoms with E-state index in [0.29, 0.717) is 19.5 Å². The third-order valence-corrected chi connectivity index (χ3v) is 3.70. The predicted molar refractivity (Wildman–Crippen MR) is 83.2 cm³/mol. The number of nitrogens with one attached hydrogen (secondary N) is 3. The Bertz CT molecular complexity index is 514. The van der Waals surface area contributed by atoms with Crippen molar-refractivity contribution in [2.45, 2.75) is 51.7 Å². The summed E-state index contributed by atoms with van der Waals surface area (Å²) in [4.78, 5) is 23.7. The first-order valence-electron chi connectivity index (χ1n) is 7.84. The summed E-state index contributed by atoms with van der Waals surface area (Å²) >= 11 is 0. The van der Waals surface area contributed by atoms with Gasteiger partial charge in [-0.25, -0.2) is 0 Å². The van der Waals surface area contributed by atoms with Crippen LogP contribution in [0.15, 0.2) is 12.4 Å². The Balaban J connectivity index is 1.71. The Hall–Kier alpha value is -1.89. The molecule has 1 fully saturated rings. The van der Waals surface area contributed by atoms with Crippen molar-refractivity contribution >= 4 is 11.8 Å². The molecule has 1 aromatic heterocycles. The van der Waals surface area contributed by atoms with Crippen molar-refractivity contribution in [1.29, 1.82) is 0 Å². The topological polar surface area (TPSA) is 88.1 Å². The molecule has 3 N–H and O–H groups in total. The highest BCUT2D eigenvalue weighted by Gasteiger charge is 2.22. The number of aryl methyl sites for hydroxylation is 1. The second-order valence-electron chi connectivity index (χ2n) is 5.93. The summed E-state index contributed by atoms with van der Waals surface area (Å²) in [6.45, 7) is 5.59. The summed E-state index contributed by atoms with van der Waals surface area (Å²) in [6.07, 6.45) is 6.40. The summed E-state index contributed by atoms with van der Waals surface area (Å²) in [5.41, 5.74) is 1.12. The van der Waals surface area contributed by atoms with E-state index in [1.165, 1.54) is 0 Å². The molecule has 2 amide bonds. The highest BCUT2D eigenvalue weighted by atomic mass is 16.2. The van der Waals surface area contributed by atoms with Crippen molar-refractivity contribution < 1.29 is 9.59 Å². The van der Waals surface area contributed by atoms with Gasteiger partial charge in [-0.15, -0.1) is 0 Å². The summed E-state index contributed by atoms with van der Waals surface area (Å²) in [5.74, 6) is -0.225. The van der Waals surface area contributed by atoms with Crippen molar-refractivity contribution in [3.63, 3.8) is 0 Å². The average molecular weight is 307 g/mol. The molecule has 0 aromatic carbocycles. The number of carbonyl (C=O) groups excluding carboxylic acids is 2. The van der Waals surface area contributed by atoms with Gasteiger partial charge < -0.3 is 16.0 Å². The van der Waals surface area contributed by atoms with Crippen LogP contribution in [0.2, 0.25) is 0 Å². The van der Waals surface area contributed by atoms with E-state index in [-0.39, 0.29) is 24.4 Å². The first-order valence-corrected chi connectivity index (χ1v) is 7.84. The molecule has 2 heterocycles. The molecule has 0 bridgehead atoms. The van der Waals surface area contributed by atoms with Gasteiger partial charge in [0.05, 0.1) is 19.3 Å². The van der Waals surface area contributed by atoms with Crippen molar-refractivity contribution in [3.05, 3.63) is 18.0 Å². The zero-order valence-corrected chi connectivity index (χ0v) is 13.3. The lowest BCUT2D eigenvalue weighted by atomic mass is 10.1. The van der Waals surface area contributed by atoms with Gasteiger partial charge in [0.1, 0.15) is 6.04 Å². The van der Waals surface area contributed by atoms with Crippen LogP contribution in [0.25, 0.3) is 0 Å². The molecule has 0 saturated carbocycles. The Morgan fingerprint density at radius 3 is 3.09 bits per heavy atom. The second-order valence-corrected chi connectivity index (χ2v) is 5.93. The molecule has 2 rings (SSSR count). The fraction of sp³-hybridized carbons (Fsp3) is 0.667. The summed E-state index contributed by atoms with van der Waals surface area (Å²) in [5, 5.41) is 13.0. The summed E-state index contributed by atoms with van der Waals surface area (Å²) in [7, 11) is 0. The van der Waals surface area contributed by atoms with Crippen LogP contribution in [-0.4, -0.2) is 46.8 Å². The van der Waals surface area contributed by atoms with Crippen LogP contribution in [0.4, 0.5) is 0 Å². The van der Waals surface area contributed by atoms with E-state index >= 15 is 0 Å². The van der Waals surface area contributed by atoms with E-state index in [9.17, 15) is 9.59 Å². The maximum atomic E-state index is 12.0. The van der Waals surface area contributed by atoms with Gasteiger partial charge >= 0.3 is 0 Å². The molecule has 0 spiro atoms. The number of hydrogen-bond donors (Lipinski definition) is 3. The number of nitrogens with zero attached hydrogens (tertiary/aromatic N) is 2. The molecule has 0 aliphatic carbocycles. The van der Waals surface area contributed by atoms with Crippen LogP contribution in [0.5, 0.6) is 0 Å². The van der Waals surface area contributed by atoms with Gasteiger partial charge in [0.25, 0.3) is 0 Å². The lowest BCUT2D eigenvalue weighted by Gasteiger charge is -2.17. The van der Waals surface area contributed by atoms with Gasteiger partial charge in [0.15, 0.2) is 0 Å². The molecule has 1 aliphatic rings. The summed E-state index contributed by atoms with van der Waals surface area (Å²) in [6, 6.07) is -0.283. The number of aromatic nitrogens is 2. The van der Waals surface area contributed by atoms with Crippen LogP contribution in [0.3, 0.4) is 0 Å². The normalized spacial score (nSPS) is 20.1. The van der Waals surface area contributed by atoms with Crippen LogP contribution in [-0.2, 0) is 16.1 Å². The lowest BCUT2D eigenvalue weighted by molar-refractivity contribution is -0.128. The van der Waals surface area contributed by atoms with Gasteiger partial charge in [0.2, 0.25) is 11.8 Å². The highest BCUT2D eigenvalue weighted by molar-refractivity contribution is 5.88. The number of rotatable bonds is 6. The summed E-state index contributed by atoms with van der Waals surface area (Å²) < 4.78 is 1.85. The maximum absolute atomic E-state index is 12.0. The monoisotopic (exact) mass is 307 g/mol. The minimum Gasteiger partial charge on any atom is -0.354 e. The maximum Gasteiger partial charge on any atom is 0.242 e. The molecule has 122 valence electrons. The fourth-order valence-corrected chi connectivity index (χ4v) is 2.50. The van der Waals surface area contributed by atoms with Crippen molar-refractivity contribution in [3.8, 4) is 0 Å². The minimum absolute atomic E-state index is 0.0779. The molecule has 22 heavy (non-hydrogen) atoms. The Kier molecular flexibility index (Phi) is 5.94. The molecular formula is C15H25N5O2. The van der Waals surface area contributed by atoms with Crippen LogP contribution < -0.4 is 16.0 Å². The molecule has 7 nitrogen and oxygen atoms in total. The van der Waals surface area contributed by atoms with Gasteiger partial charge in [-0.1, -0.05) is 0 Å². The van der Waals surface area contributed by atoms with E-state index in [1.807, 2.05) is 30.9 Å². The predicted octanol–water partition coefficient (Wildman–Crippen LogP) is -0.0455. The van der Waals surface area contributed by atoms with Gasteiger partial charge in [-0.3, -0.25) is 14.3 Å². The third-order valence-electron chi connectivity index (χ3n) is 3.70. The number of hydrogen-bond acceptors (Lipinski definition) is 4. The molecule has 1 aliphatic heterocycles. The van der Waals surface area contributed by atoms with Crippen molar-refractivity contribution in [2.24, 2.45) is 0 Å². The van der Waals surface area contributed by atoms with Gasteiger partial charge in [-0.2, -0.15) is 5.10 Å². The van der Waals surface area contributed by atoms with Crippen molar-refractivity contribution in [2.75, 3.05) is 13.1 Å². The molecule has 1 saturated heterocycles. The Morgan fingerprint density at radius 1 is 1.55 bits per heavy atom. The van der Waals surface area contributed by atoms with E-state index < -0.39 is 6.04 Å². The van der Waals surface area contributed by atoms with Crippen LogP contribution in [0, 0.1) is 6.92 Å². The van der Waals surface area contributed by atoms with Gasteiger partial charge in [0, 0.05) is 18.8 Å². The molecule has 1 aromatic rings. The van der Waals surface area contributed by atoms with E-state index in [2.05, 4.69) is 21.0 Å². The number of carbonyl (C=O) groups is 2. The molecular weight excluding hydrogens is 282 g/mol. The second kappa shape index (κ2) is 7.93. The van der Waals surface area contributed by atoms with Crippen LogP contribution >= 0.6 is 0 Å². The largest absolute Gasteiger partial charge is 0.354 e. The highest BCUT2D eigenvalue weighted by Crippen LogP contribution is 2.05. The standard InChI is InChI=1S/C15H25N5O2/c1-11-7-18-20(9-11)10-12(2)17-8-14(21)19-13-5-3-4-6-16-15(13)22/h7,9,12-13,17H,3-6,8,10H2,1-2H3,(H,16,22)(H,19,21)/t12-,13-/m0/s1. The van der Waals surface area contributed by atoms with Crippen LogP contribution in [0.1, 0.15) is 31.7 Å². The van der Waals surface area contributed by atoms with E-state index in [0.717, 1.165) is 18.4 Å². The van der Waals surface area contributed by atoms with Crippen molar-refractivity contribution in [1.82, 2.24) is 25.7 Å². The van der Waals surface area contributed by atoms with E-state index in [1.54, 1.807) is 0 Å². The Morgan fingerprint density at radius 2 is 2.36 bits per heavy atom. The average Bonchev–Trinajstić information content (AvgIpc) is 2.77. The van der Waals surface area contributed by atoms with Gasteiger partial charge in [-0.05, 0) is 38.7 Å². The molecule has 7 heteroatoms. The third kappa shape index (κ3) is 5.14. The Labute approximate surface area is 130 Å². The molecule has 0 radical (unpaired) electrons. The quantitative estimate of drug-likeness (QED) is 0.688. The fourth-order valence-electron chi connectivity index (χ4n) is 2.50. The smallest absolute Gasteiger partial charge is 0.242 e. The van der Waals surface area contributed by atoms with E-state index in [4.69, 9.17) is 0 Å². The zero-order valence-electron chi connectivity index (χ0n) is 13.3. The lowest BCUT2D eigenvalue weighted by Crippen LogP contribution is -2.49.